The number of fused-ring (bicyclic) bond motifs is 1. The summed E-state index contributed by atoms with van der Waals surface area (Å²) in [6.45, 7) is 2.56. The van der Waals surface area contributed by atoms with Crippen LogP contribution in [0.2, 0.25) is 0 Å². The number of amides is 3. The first-order valence-corrected chi connectivity index (χ1v) is 13.2. The molecule has 0 radical (unpaired) electrons. The van der Waals surface area contributed by atoms with Gasteiger partial charge in [0, 0.05) is 35.0 Å². The van der Waals surface area contributed by atoms with E-state index in [9.17, 15) is 34.2 Å². The van der Waals surface area contributed by atoms with Gasteiger partial charge in [-0.25, -0.2) is 14.2 Å². The van der Waals surface area contributed by atoms with Gasteiger partial charge in [0.05, 0.1) is 5.56 Å². The normalized spacial score (nSPS) is 19.0. The number of carboxylic acids is 2. The van der Waals surface area contributed by atoms with Crippen molar-refractivity contribution in [3.05, 3.63) is 47.2 Å². The van der Waals surface area contributed by atoms with Crippen LogP contribution < -0.4 is 21.4 Å². The van der Waals surface area contributed by atoms with Crippen LogP contribution in [0.3, 0.4) is 0 Å². The lowest BCUT2D eigenvalue weighted by Gasteiger charge is -2.49. The Labute approximate surface area is 233 Å². The van der Waals surface area contributed by atoms with Gasteiger partial charge in [-0.2, -0.15) is 9.36 Å². The van der Waals surface area contributed by atoms with Crippen LogP contribution >= 0.6 is 23.3 Å². The van der Waals surface area contributed by atoms with Gasteiger partial charge in [-0.1, -0.05) is 5.16 Å². The Morgan fingerprint density at radius 1 is 1.27 bits per heavy atom. The van der Waals surface area contributed by atoms with Crippen molar-refractivity contribution < 1.29 is 43.6 Å². The number of nitrogen functional groups attached to an aromatic ring is 1. The van der Waals surface area contributed by atoms with Crippen LogP contribution in [0.25, 0.3) is 0 Å². The molecule has 2 aromatic heterocycles. The number of rotatable bonds is 10. The van der Waals surface area contributed by atoms with E-state index in [1.165, 1.54) is 37.7 Å². The molecule has 0 bridgehead atoms. The molecular weight excluding hydrogens is 568 g/mol. The SMILES string of the molecule is CC(C)(O/N=C(\C(=O)N[C@@H]1C(=O)N2C(C(=O)O)=C(C[n+]3ccc(C(N)=O)cc3)CS[C@H]12)c1nsc(N)n1)C(=O)O. The molecule has 2 atom stereocenters. The van der Waals surface area contributed by atoms with E-state index >= 15 is 0 Å². The van der Waals surface area contributed by atoms with Gasteiger partial charge >= 0.3 is 11.9 Å². The van der Waals surface area contributed by atoms with Crippen molar-refractivity contribution >= 4 is 63.8 Å². The summed E-state index contributed by atoms with van der Waals surface area (Å²) >= 11 is 2.00. The molecular formula is C22H23N8O8S2+. The number of nitrogens with two attached hydrogens (primary N) is 2. The highest BCUT2D eigenvalue weighted by atomic mass is 32.2. The Morgan fingerprint density at radius 3 is 2.50 bits per heavy atom. The molecule has 210 valence electrons. The zero-order chi connectivity index (χ0) is 29.4. The molecule has 4 rings (SSSR count). The highest BCUT2D eigenvalue weighted by Gasteiger charge is 2.55. The first-order chi connectivity index (χ1) is 18.8. The number of thioether (sulfide) groups is 1. The van der Waals surface area contributed by atoms with E-state index in [-0.39, 0.29) is 34.5 Å². The molecule has 2 aromatic rings. The van der Waals surface area contributed by atoms with Crippen LogP contribution in [0.4, 0.5) is 5.13 Å². The summed E-state index contributed by atoms with van der Waals surface area (Å²) in [7, 11) is 0. The van der Waals surface area contributed by atoms with Gasteiger partial charge in [-0.15, -0.1) is 11.8 Å². The van der Waals surface area contributed by atoms with E-state index in [4.69, 9.17) is 16.3 Å². The van der Waals surface area contributed by atoms with Gasteiger partial charge < -0.3 is 31.8 Å². The molecule has 40 heavy (non-hydrogen) atoms. The highest BCUT2D eigenvalue weighted by Crippen LogP contribution is 2.40. The predicted molar refractivity (Wildman–Crippen MR) is 138 cm³/mol. The third kappa shape index (κ3) is 5.57. The summed E-state index contributed by atoms with van der Waals surface area (Å²) in [4.78, 5) is 71.1. The Bertz CT molecular complexity index is 1470. The molecule has 7 N–H and O–H groups in total. The second-order valence-corrected chi connectivity index (χ2v) is 10.9. The van der Waals surface area contributed by atoms with Crippen molar-refractivity contribution in [2.75, 3.05) is 11.5 Å². The number of oxime groups is 1. The number of nitrogens with zero attached hydrogens (tertiary/aromatic N) is 5. The average molecular weight is 592 g/mol. The maximum atomic E-state index is 13.1. The quantitative estimate of drug-likeness (QED) is 0.0920. The van der Waals surface area contributed by atoms with Crippen molar-refractivity contribution in [1.29, 1.82) is 0 Å². The number of β-lactam (4-membered cyclic amide) rings is 1. The number of aliphatic carboxylic acids is 2. The lowest BCUT2D eigenvalue weighted by Crippen LogP contribution is -2.71. The molecule has 2 aliphatic heterocycles. The number of carbonyl (C=O) groups excluding carboxylic acids is 3. The fraction of sp³-hybridized carbons (Fsp3) is 0.318. The van der Waals surface area contributed by atoms with Crippen LogP contribution in [0.15, 0.2) is 41.0 Å². The minimum Gasteiger partial charge on any atom is -0.478 e. The van der Waals surface area contributed by atoms with Crippen molar-refractivity contribution in [3.63, 3.8) is 0 Å². The van der Waals surface area contributed by atoms with Gasteiger partial charge in [0.25, 0.3) is 11.8 Å². The second-order valence-electron chi connectivity index (χ2n) is 9.04. The molecule has 0 spiro atoms. The van der Waals surface area contributed by atoms with E-state index < -0.39 is 52.4 Å². The lowest BCUT2D eigenvalue weighted by molar-refractivity contribution is -0.689. The smallest absolute Gasteiger partial charge is 0.352 e. The van der Waals surface area contributed by atoms with E-state index in [2.05, 4.69) is 19.8 Å². The number of carbonyl (C=O) groups is 5. The largest absolute Gasteiger partial charge is 0.478 e. The van der Waals surface area contributed by atoms with Gasteiger partial charge in [0.15, 0.2) is 24.1 Å². The number of hydrogen-bond acceptors (Lipinski definition) is 12. The highest BCUT2D eigenvalue weighted by molar-refractivity contribution is 8.00. The molecule has 0 aromatic carbocycles. The minimum atomic E-state index is -1.80. The molecule has 0 unspecified atom stereocenters. The van der Waals surface area contributed by atoms with Crippen molar-refractivity contribution in [3.8, 4) is 0 Å². The molecule has 18 heteroatoms. The van der Waals surface area contributed by atoms with E-state index in [0.29, 0.717) is 5.57 Å². The first-order valence-electron chi connectivity index (χ1n) is 11.4. The van der Waals surface area contributed by atoms with E-state index in [1.807, 2.05) is 0 Å². The van der Waals surface area contributed by atoms with Crippen LogP contribution in [-0.2, 0) is 30.6 Å². The van der Waals surface area contributed by atoms with Gasteiger partial charge in [0.2, 0.25) is 23.0 Å². The Morgan fingerprint density at radius 2 is 1.95 bits per heavy atom. The number of aromatic nitrogens is 3. The monoisotopic (exact) mass is 591 g/mol. The summed E-state index contributed by atoms with van der Waals surface area (Å²) < 4.78 is 5.55. The van der Waals surface area contributed by atoms with Crippen molar-refractivity contribution in [2.45, 2.75) is 37.4 Å². The molecule has 0 saturated carbocycles. The summed E-state index contributed by atoms with van der Waals surface area (Å²) in [5, 5.41) is 24.6. The van der Waals surface area contributed by atoms with Crippen LogP contribution in [-0.4, -0.2) is 82.6 Å². The maximum absolute atomic E-state index is 13.1. The van der Waals surface area contributed by atoms with Crippen molar-refractivity contribution in [2.24, 2.45) is 10.9 Å². The number of nitrogens with one attached hydrogen (secondary N) is 1. The van der Waals surface area contributed by atoms with Gasteiger partial charge in [-0.05, 0) is 13.8 Å². The molecule has 16 nitrogen and oxygen atoms in total. The molecule has 2 aliphatic rings. The number of anilines is 1. The zero-order valence-corrected chi connectivity index (χ0v) is 22.6. The summed E-state index contributed by atoms with van der Waals surface area (Å²) in [6, 6.07) is 1.87. The van der Waals surface area contributed by atoms with Crippen LogP contribution in [0.5, 0.6) is 0 Å². The van der Waals surface area contributed by atoms with Crippen LogP contribution in [0.1, 0.15) is 30.0 Å². The molecule has 3 amide bonds. The summed E-state index contributed by atoms with van der Waals surface area (Å²) in [5.74, 6) is -4.91. The second kappa shape index (κ2) is 10.9. The summed E-state index contributed by atoms with van der Waals surface area (Å²) in [6.07, 6.45) is 3.14. The van der Waals surface area contributed by atoms with Gasteiger partial charge in [0.1, 0.15) is 17.1 Å². The lowest BCUT2D eigenvalue weighted by atomic mass is 10.0. The van der Waals surface area contributed by atoms with Crippen LogP contribution in [0, 0.1) is 0 Å². The zero-order valence-electron chi connectivity index (χ0n) is 20.9. The van der Waals surface area contributed by atoms with Gasteiger partial charge in [-0.3, -0.25) is 19.3 Å². The van der Waals surface area contributed by atoms with E-state index in [1.54, 1.807) is 17.0 Å². The molecule has 1 fully saturated rings. The standard InChI is InChI=1S/C22H22N8O8S2/c1-22(2,20(36)37)38-27-11(15-26-21(24)40-28-15)16(32)25-12-17(33)30-13(19(34)35)10(8-39-18(12)30)7-29-5-3-9(4-6-29)14(23)31/h3-6,12,18H,7-8H2,1-2H3,(H6-,23,24,25,26,28,31,32,34,35,36,37)/p+1/b27-11-/t12-,18-/m1/s1. The average Bonchev–Trinajstić information content (AvgIpc) is 3.32. The third-order valence-electron chi connectivity index (χ3n) is 5.83. The minimum absolute atomic E-state index is 0.00706. The first kappa shape index (κ1) is 28.4. The number of hydrogen-bond donors (Lipinski definition) is 5. The molecule has 1 saturated heterocycles. The Kier molecular flexibility index (Phi) is 7.74. The predicted octanol–water partition coefficient (Wildman–Crippen LogP) is -1.47. The van der Waals surface area contributed by atoms with Crippen molar-refractivity contribution in [1.82, 2.24) is 19.6 Å². The number of primary amides is 1. The maximum Gasteiger partial charge on any atom is 0.352 e. The summed E-state index contributed by atoms with van der Waals surface area (Å²) in [5.41, 5.74) is 9.06. The number of pyridine rings is 1. The Balaban J connectivity index is 1.54. The topological polar surface area (TPSA) is 244 Å². The fourth-order valence-corrected chi connectivity index (χ4v) is 5.45. The number of carboxylic acid groups (broad SMARTS) is 2. The third-order valence-corrected chi connectivity index (χ3v) is 7.72. The van der Waals surface area contributed by atoms with E-state index in [0.717, 1.165) is 16.4 Å². The molecule has 0 aliphatic carbocycles. The molecule has 4 heterocycles. The fourth-order valence-electron chi connectivity index (χ4n) is 3.68. The Hall–Kier alpha value is -4.58.